The molecule has 1 aliphatic carbocycles. The molecule has 0 aromatic carbocycles. The maximum absolute atomic E-state index is 12.7. The van der Waals surface area contributed by atoms with Gasteiger partial charge in [-0.2, -0.15) is 0 Å². The number of amides is 1. The summed E-state index contributed by atoms with van der Waals surface area (Å²) in [5, 5.41) is 17.0. The number of carbonyl (C=O) groups is 1. The summed E-state index contributed by atoms with van der Waals surface area (Å²) in [6.45, 7) is 4.56. The first-order chi connectivity index (χ1) is 13.6. The van der Waals surface area contributed by atoms with Crippen LogP contribution in [0.25, 0.3) is 0 Å². The van der Waals surface area contributed by atoms with Crippen molar-refractivity contribution < 1.29 is 9.90 Å². The van der Waals surface area contributed by atoms with Gasteiger partial charge in [-0.05, 0) is 38.3 Å². The molecule has 2 atom stereocenters. The number of carbonyl (C=O) groups excluding carboxylic acids is 1. The summed E-state index contributed by atoms with van der Waals surface area (Å²) < 4.78 is 0.664. The minimum atomic E-state index is -0.666. The van der Waals surface area contributed by atoms with Crippen molar-refractivity contribution in [1.29, 1.82) is 0 Å². The van der Waals surface area contributed by atoms with Gasteiger partial charge in [-0.3, -0.25) is 9.79 Å². The number of hydrogen-bond donors (Lipinski definition) is 3. The molecule has 1 saturated heterocycles. The molecule has 2 aliphatic rings. The number of nitrogens with zero attached hydrogens (tertiary/aromatic N) is 2. The molecule has 6 nitrogen and oxygen atoms in total. The molecule has 1 aliphatic heterocycles. The predicted molar refractivity (Wildman–Crippen MR) is 130 cm³/mol. The van der Waals surface area contributed by atoms with Gasteiger partial charge in [-0.1, -0.05) is 30.9 Å². The van der Waals surface area contributed by atoms with Gasteiger partial charge in [0.1, 0.15) is 6.10 Å². The van der Waals surface area contributed by atoms with Gasteiger partial charge in [0.25, 0.3) is 0 Å². The lowest BCUT2D eigenvalue weighted by Crippen LogP contribution is -2.45. The van der Waals surface area contributed by atoms with Crippen LogP contribution in [0.4, 0.5) is 0 Å². The molecule has 2 unspecified atom stereocenters. The van der Waals surface area contributed by atoms with Crippen LogP contribution >= 0.6 is 46.9 Å². The first-order valence-corrected chi connectivity index (χ1v) is 11.5. The zero-order valence-electron chi connectivity index (χ0n) is 16.9. The molecule has 1 saturated carbocycles. The van der Waals surface area contributed by atoms with Crippen LogP contribution in [0.1, 0.15) is 56.4 Å². The van der Waals surface area contributed by atoms with E-state index in [4.69, 9.17) is 11.6 Å². The predicted octanol–water partition coefficient (Wildman–Crippen LogP) is 3.79. The third-order valence-electron chi connectivity index (χ3n) is 5.48. The van der Waals surface area contributed by atoms with E-state index in [-0.39, 0.29) is 42.5 Å². The van der Waals surface area contributed by atoms with E-state index in [2.05, 4.69) is 15.6 Å². The Morgan fingerprint density at radius 3 is 2.76 bits per heavy atom. The van der Waals surface area contributed by atoms with Gasteiger partial charge in [0.2, 0.25) is 5.91 Å². The summed E-state index contributed by atoms with van der Waals surface area (Å²) in [5.41, 5.74) is 0. The molecular weight excluding hydrogens is 523 g/mol. The summed E-state index contributed by atoms with van der Waals surface area (Å²) in [5.74, 6) is 1.24. The van der Waals surface area contributed by atoms with E-state index >= 15 is 0 Å². The Bertz CT molecular complexity index is 681. The molecule has 29 heavy (non-hydrogen) atoms. The lowest BCUT2D eigenvalue weighted by molar-refractivity contribution is -0.135. The van der Waals surface area contributed by atoms with Crippen LogP contribution in [0.2, 0.25) is 4.34 Å². The fourth-order valence-electron chi connectivity index (χ4n) is 3.97. The highest BCUT2D eigenvalue weighted by Crippen LogP contribution is 2.28. The monoisotopic (exact) mass is 554 g/mol. The molecule has 0 radical (unpaired) electrons. The van der Waals surface area contributed by atoms with Crippen LogP contribution in [0.3, 0.4) is 0 Å². The van der Waals surface area contributed by atoms with Gasteiger partial charge in [0.05, 0.1) is 10.9 Å². The molecule has 164 valence electrons. The number of aliphatic imine (C=N–C) groups is 1. The lowest BCUT2D eigenvalue weighted by Gasteiger charge is -2.26. The number of likely N-dealkylation sites (tertiary alicyclic amines) is 1. The molecule has 3 rings (SSSR count). The summed E-state index contributed by atoms with van der Waals surface area (Å²) >= 11 is 7.31. The number of hydrogen-bond acceptors (Lipinski definition) is 4. The summed E-state index contributed by atoms with van der Waals surface area (Å²) in [6.07, 6.45) is 5.97. The van der Waals surface area contributed by atoms with Crippen molar-refractivity contribution >= 4 is 58.8 Å². The highest BCUT2D eigenvalue weighted by atomic mass is 127. The quantitative estimate of drug-likeness (QED) is 0.284. The molecule has 1 amide bonds. The largest absolute Gasteiger partial charge is 0.386 e. The van der Waals surface area contributed by atoms with Gasteiger partial charge in [-0.25, -0.2) is 0 Å². The van der Waals surface area contributed by atoms with Gasteiger partial charge < -0.3 is 20.6 Å². The highest BCUT2D eigenvalue weighted by Gasteiger charge is 2.31. The van der Waals surface area contributed by atoms with Gasteiger partial charge in [0, 0.05) is 36.5 Å². The molecule has 9 heteroatoms. The Hall–Kier alpha value is -0.580. The van der Waals surface area contributed by atoms with Crippen molar-refractivity contribution in [1.82, 2.24) is 15.5 Å². The maximum atomic E-state index is 12.7. The molecule has 2 fully saturated rings. The van der Waals surface area contributed by atoms with E-state index in [0.29, 0.717) is 16.2 Å². The minimum absolute atomic E-state index is 0. The van der Waals surface area contributed by atoms with Crippen molar-refractivity contribution in [3.05, 3.63) is 21.3 Å². The molecule has 1 aromatic rings. The Morgan fingerprint density at radius 2 is 2.10 bits per heavy atom. The Morgan fingerprint density at radius 1 is 1.34 bits per heavy atom. The van der Waals surface area contributed by atoms with E-state index in [1.165, 1.54) is 30.6 Å². The van der Waals surface area contributed by atoms with E-state index in [1.807, 2.05) is 17.9 Å². The lowest BCUT2D eigenvalue weighted by atomic mass is 9.88. The smallest absolute Gasteiger partial charge is 0.225 e. The van der Waals surface area contributed by atoms with Crippen molar-refractivity contribution in [2.75, 3.05) is 26.2 Å². The van der Waals surface area contributed by atoms with Crippen LogP contribution in [0, 0.1) is 5.92 Å². The molecular formula is C20H32ClIN4O2S. The van der Waals surface area contributed by atoms with Crippen LogP contribution in [-0.2, 0) is 4.79 Å². The van der Waals surface area contributed by atoms with Crippen molar-refractivity contribution in [3.63, 3.8) is 0 Å². The fraction of sp³-hybridized carbons (Fsp3) is 0.700. The molecule has 0 spiro atoms. The summed E-state index contributed by atoms with van der Waals surface area (Å²) in [7, 11) is 0. The summed E-state index contributed by atoms with van der Waals surface area (Å²) in [6, 6.07) is 3.81. The number of rotatable bonds is 6. The topological polar surface area (TPSA) is 77.0 Å². The number of halogens is 2. The Kier molecular flexibility index (Phi) is 10.5. The molecule has 2 heterocycles. The Balaban J connectivity index is 0.00000300. The van der Waals surface area contributed by atoms with Crippen LogP contribution in [0.15, 0.2) is 17.1 Å². The standard InChI is InChI=1S/C20H31ClN4O2S.HI/c1-2-22-20(23-12-16(26)17-8-9-18(21)28-17)24-15-10-11-25(13-15)19(27)14-6-4-3-5-7-14;/h8-9,14-16,26H,2-7,10-13H2,1H3,(H2,22,23,24);1H. The van der Waals surface area contributed by atoms with Crippen LogP contribution in [-0.4, -0.2) is 54.1 Å². The molecule has 0 bridgehead atoms. The molecule has 1 aromatic heterocycles. The maximum Gasteiger partial charge on any atom is 0.225 e. The normalized spacial score (nSPS) is 21.6. The van der Waals surface area contributed by atoms with Crippen molar-refractivity contribution in [3.8, 4) is 0 Å². The van der Waals surface area contributed by atoms with Crippen LogP contribution < -0.4 is 10.6 Å². The number of nitrogens with one attached hydrogen (secondary N) is 2. The number of guanidine groups is 1. The highest BCUT2D eigenvalue weighted by molar-refractivity contribution is 14.0. The average molecular weight is 555 g/mol. The third kappa shape index (κ3) is 7.25. The Labute approximate surface area is 199 Å². The first kappa shape index (κ1) is 24.7. The van der Waals surface area contributed by atoms with E-state index in [0.717, 1.165) is 43.8 Å². The van der Waals surface area contributed by atoms with E-state index < -0.39 is 6.10 Å². The second-order valence-corrected chi connectivity index (χ2v) is 9.37. The number of aliphatic hydroxyl groups is 1. The van der Waals surface area contributed by atoms with Gasteiger partial charge >= 0.3 is 0 Å². The SMILES string of the molecule is CCNC(=NCC(O)c1ccc(Cl)s1)NC1CCN(C(=O)C2CCCCC2)C1.I. The van der Waals surface area contributed by atoms with Gasteiger partial charge in [0.15, 0.2) is 5.96 Å². The van der Waals surface area contributed by atoms with Crippen LogP contribution in [0.5, 0.6) is 0 Å². The average Bonchev–Trinajstić information content (AvgIpc) is 3.35. The van der Waals surface area contributed by atoms with E-state index in [1.54, 1.807) is 6.07 Å². The van der Waals surface area contributed by atoms with E-state index in [9.17, 15) is 9.90 Å². The third-order valence-corrected chi connectivity index (χ3v) is 6.82. The minimum Gasteiger partial charge on any atom is -0.386 e. The van der Waals surface area contributed by atoms with Crippen molar-refractivity contribution in [2.45, 2.75) is 57.6 Å². The first-order valence-electron chi connectivity index (χ1n) is 10.3. The number of thiophene rings is 1. The summed E-state index contributed by atoms with van der Waals surface area (Å²) in [4.78, 5) is 20.1. The molecule has 3 N–H and O–H groups in total. The second kappa shape index (κ2) is 12.3. The number of aliphatic hydroxyl groups excluding tert-OH is 1. The second-order valence-electron chi connectivity index (χ2n) is 7.63. The van der Waals surface area contributed by atoms with Gasteiger partial charge in [-0.15, -0.1) is 35.3 Å². The zero-order chi connectivity index (χ0) is 19.9. The zero-order valence-corrected chi connectivity index (χ0v) is 20.8. The van der Waals surface area contributed by atoms with Crippen molar-refractivity contribution in [2.24, 2.45) is 10.9 Å². The fourth-order valence-corrected chi connectivity index (χ4v) is 5.01.